The van der Waals surface area contributed by atoms with E-state index in [1.807, 2.05) is 6.92 Å². The molecule has 0 radical (unpaired) electrons. The molecule has 144 valence electrons. The van der Waals surface area contributed by atoms with Crippen LogP contribution in [0, 0.1) is 6.92 Å². The maximum Gasteiger partial charge on any atom is 0.341 e. The molecule has 1 aromatic carbocycles. The van der Waals surface area contributed by atoms with Crippen molar-refractivity contribution in [3.05, 3.63) is 44.2 Å². The summed E-state index contributed by atoms with van der Waals surface area (Å²) in [6, 6.07) is 4.69. The van der Waals surface area contributed by atoms with E-state index < -0.39 is 11.9 Å². The van der Waals surface area contributed by atoms with Crippen LogP contribution in [0.5, 0.6) is 0 Å². The summed E-state index contributed by atoms with van der Waals surface area (Å²) >= 11 is 13.0. The van der Waals surface area contributed by atoms with Gasteiger partial charge in [0.1, 0.15) is 5.00 Å². The molecule has 2 amide bonds. The number of nitrogens with one attached hydrogen (secondary N) is 2. The number of esters is 1. The van der Waals surface area contributed by atoms with Gasteiger partial charge in [-0.05, 0) is 37.1 Å². The minimum absolute atomic E-state index is 0.161. The van der Waals surface area contributed by atoms with Gasteiger partial charge < -0.3 is 15.4 Å². The first kappa shape index (κ1) is 21.2. The Morgan fingerprint density at radius 2 is 1.89 bits per heavy atom. The third-order valence-electron chi connectivity index (χ3n) is 3.65. The van der Waals surface area contributed by atoms with E-state index in [0.29, 0.717) is 34.1 Å². The van der Waals surface area contributed by atoms with Gasteiger partial charge in [0, 0.05) is 11.4 Å². The van der Waals surface area contributed by atoms with Crippen molar-refractivity contribution in [1.29, 1.82) is 0 Å². The van der Waals surface area contributed by atoms with E-state index in [2.05, 4.69) is 10.6 Å². The van der Waals surface area contributed by atoms with Crippen molar-refractivity contribution >= 4 is 63.0 Å². The second kappa shape index (κ2) is 9.21. The first-order chi connectivity index (χ1) is 12.8. The van der Waals surface area contributed by atoms with Crippen molar-refractivity contribution in [1.82, 2.24) is 0 Å². The highest BCUT2D eigenvalue weighted by Crippen LogP contribution is 2.35. The predicted molar refractivity (Wildman–Crippen MR) is 108 cm³/mol. The van der Waals surface area contributed by atoms with Crippen LogP contribution < -0.4 is 10.6 Å². The maximum atomic E-state index is 12.7. The minimum atomic E-state index is -0.629. The standard InChI is InChI=1S/C18H18Cl2N2O4S/c1-4-5-13(23)22-17-14(18(25)26-3)9(2)15(27-17)16(24)21-12-8-10(19)6-7-11(12)20/h6-8H,4-5H2,1-3H3,(H,21,24)(H,22,23). The van der Waals surface area contributed by atoms with Gasteiger partial charge in [0.25, 0.3) is 5.91 Å². The molecule has 0 unspecified atom stereocenters. The number of hydrogen-bond acceptors (Lipinski definition) is 5. The Hall–Kier alpha value is -2.09. The van der Waals surface area contributed by atoms with Crippen LogP contribution in [0.1, 0.15) is 45.4 Å². The van der Waals surface area contributed by atoms with Gasteiger partial charge in [-0.25, -0.2) is 4.79 Å². The monoisotopic (exact) mass is 428 g/mol. The van der Waals surface area contributed by atoms with E-state index in [4.69, 9.17) is 27.9 Å². The van der Waals surface area contributed by atoms with E-state index in [1.165, 1.54) is 13.2 Å². The number of halogens is 2. The summed E-state index contributed by atoms with van der Waals surface area (Å²) in [7, 11) is 1.24. The Labute approximate surface area is 170 Å². The summed E-state index contributed by atoms with van der Waals surface area (Å²) < 4.78 is 4.79. The van der Waals surface area contributed by atoms with Crippen LogP contribution in [0.4, 0.5) is 10.7 Å². The van der Waals surface area contributed by atoms with Crippen LogP contribution >= 0.6 is 34.5 Å². The smallest absolute Gasteiger partial charge is 0.341 e. The second-order valence-corrected chi connectivity index (χ2v) is 7.49. The average Bonchev–Trinajstić information content (AvgIpc) is 2.93. The van der Waals surface area contributed by atoms with Crippen molar-refractivity contribution in [2.24, 2.45) is 0 Å². The molecule has 2 aromatic rings. The molecule has 0 fully saturated rings. The predicted octanol–water partition coefficient (Wildman–Crippen LogP) is 5.14. The van der Waals surface area contributed by atoms with Gasteiger partial charge in [-0.15, -0.1) is 11.3 Å². The number of benzene rings is 1. The molecule has 6 nitrogen and oxygen atoms in total. The summed E-state index contributed by atoms with van der Waals surface area (Å²) in [5.41, 5.74) is 0.918. The Bertz CT molecular complexity index is 896. The van der Waals surface area contributed by atoms with Crippen LogP contribution in [0.2, 0.25) is 10.0 Å². The van der Waals surface area contributed by atoms with E-state index in [1.54, 1.807) is 19.1 Å². The summed E-state index contributed by atoms with van der Waals surface area (Å²) in [5, 5.41) is 6.37. The van der Waals surface area contributed by atoms with Crippen LogP contribution in [0.3, 0.4) is 0 Å². The number of ether oxygens (including phenoxy) is 1. The molecule has 2 N–H and O–H groups in total. The maximum absolute atomic E-state index is 12.7. The lowest BCUT2D eigenvalue weighted by Gasteiger charge is -2.07. The van der Waals surface area contributed by atoms with Crippen LogP contribution in [-0.4, -0.2) is 24.9 Å². The summed E-state index contributed by atoms with van der Waals surface area (Å²) in [6.45, 7) is 3.49. The molecular weight excluding hydrogens is 411 g/mol. The first-order valence-electron chi connectivity index (χ1n) is 8.06. The van der Waals surface area contributed by atoms with Gasteiger partial charge in [0.05, 0.1) is 28.3 Å². The molecule has 27 heavy (non-hydrogen) atoms. The number of carbonyl (C=O) groups excluding carboxylic acids is 3. The van der Waals surface area contributed by atoms with Crippen molar-refractivity contribution in [2.75, 3.05) is 17.7 Å². The molecule has 0 atom stereocenters. The van der Waals surface area contributed by atoms with Crippen LogP contribution in [0.25, 0.3) is 0 Å². The molecule has 9 heteroatoms. The highest BCUT2D eigenvalue weighted by atomic mass is 35.5. The van der Waals surface area contributed by atoms with E-state index in [0.717, 1.165) is 11.3 Å². The van der Waals surface area contributed by atoms with Crippen molar-refractivity contribution in [2.45, 2.75) is 26.7 Å². The highest BCUT2D eigenvalue weighted by Gasteiger charge is 2.26. The van der Waals surface area contributed by atoms with Gasteiger partial charge in [-0.2, -0.15) is 0 Å². The number of rotatable bonds is 6. The summed E-state index contributed by atoms with van der Waals surface area (Å²) in [6.07, 6.45) is 0.960. The van der Waals surface area contributed by atoms with Gasteiger partial charge in [0.2, 0.25) is 5.91 Å². The summed E-state index contributed by atoms with van der Waals surface area (Å²) in [4.78, 5) is 37.1. The van der Waals surface area contributed by atoms with Crippen LogP contribution in [-0.2, 0) is 9.53 Å². The number of anilines is 2. The fourth-order valence-electron chi connectivity index (χ4n) is 2.35. The third-order valence-corrected chi connectivity index (χ3v) is 5.42. The van der Waals surface area contributed by atoms with E-state index >= 15 is 0 Å². The van der Waals surface area contributed by atoms with Gasteiger partial charge in [0.15, 0.2) is 0 Å². The molecule has 1 aromatic heterocycles. The zero-order chi connectivity index (χ0) is 20.1. The van der Waals surface area contributed by atoms with Crippen LogP contribution in [0.15, 0.2) is 18.2 Å². The molecule has 2 rings (SSSR count). The molecule has 0 bridgehead atoms. The van der Waals surface area contributed by atoms with Gasteiger partial charge >= 0.3 is 5.97 Å². The van der Waals surface area contributed by atoms with Crippen molar-refractivity contribution < 1.29 is 19.1 Å². The lowest BCUT2D eigenvalue weighted by Crippen LogP contribution is -2.14. The molecule has 0 aliphatic heterocycles. The SMILES string of the molecule is CCCC(=O)Nc1sc(C(=O)Nc2cc(Cl)ccc2Cl)c(C)c1C(=O)OC. The lowest BCUT2D eigenvalue weighted by molar-refractivity contribution is -0.116. The molecule has 0 saturated carbocycles. The molecule has 0 saturated heterocycles. The number of methoxy groups -OCH3 is 1. The van der Waals surface area contributed by atoms with Crippen molar-refractivity contribution in [3.8, 4) is 0 Å². The van der Waals surface area contributed by atoms with Gasteiger partial charge in [-0.1, -0.05) is 30.1 Å². The van der Waals surface area contributed by atoms with Crippen molar-refractivity contribution in [3.63, 3.8) is 0 Å². The lowest BCUT2D eigenvalue weighted by atomic mass is 10.1. The number of amides is 2. The highest BCUT2D eigenvalue weighted by molar-refractivity contribution is 7.19. The average molecular weight is 429 g/mol. The quantitative estimate of drug-likeness (QED) is 0.623. The molecule has 0 spiro atoms. The summed E-state index contributed by atoms with van der Waals surface area (Å²) in [5.74, 6) is -1.34. The first-order valence-corrected chi connectivity index (χ1v) is 9.63. The number of thiophene rings is 1. The van der Waals surface area contributed by atoms with Gasteiger partial charge in [-0.3, -0.25) is 9.59 Å². The Balaban J connectivity index is 2.39. The largest absolute Gasteiger partial charge is 0.465 e. The Morgan fingerprint density at radius 1 is 1.19 bits per heavy atom. The van der Waals surface area contributed by atoms with E-state index in [-0.39, 0.29) is 21.3 Å². The Morgan fingerprint density at radius 3 is 2.52 bits per heavy atom. The molecular formula is C18H18Cl2N2O4S. The Kier molecular flexibility index (Phi) is 7.24. The molecule has 0 aliphatic rings. The number of hydrogen-bond donors (Lipinski definition) is 2. The zero-order valence-corrected chi connectivity index (χ0v) is 17.3. The third kappa shape index (κ3) is 5.00. The molecule has 0 aliphatic carbocycles. The minimum Gasteiger partial charge on any atom is -0.465 e. The fourth-order valence-corrected chi connectivity index (χ4v) is 3.80. The topological polar surface area (TPSA) is 84.5 Å². The zero-order valence-electron chi connectivity index (χ0n) is 14.9. The second-order valence-electron chi connectivity index (χ2n) is 5.63. The number of carbonyl (C=O) groups is 3. The molecule has 1 heterocycles. The fraction of sp³-hybridized carbons (Fsp3) is 0.278. The normalized spacial score (nSPS) is 10.4. The van der Waals surface area contributed by atoms with E-state index in [9.17, 15) is 14.4 Å².